The summed E-state index contributed by atoms with van der Waals surface area (Å²) in [7, 11) is 1.66. The van der Waals surface area contributed by atoms with Crippen LogP contribution in [0, 0.1) is 3.57 Å². The average molecular weight is 558 g/mol. The standard InChI is InChI=1S/C23H22Cl2INO3/c1-3-29-22-11-15(13-27-18-6-8-19(28-2)9-7-18)10-21(26)23(22)30-14-16-4-5-17(24)12-20(16)25/h4-12,27H,3,13-14H2,1-2H3. The Balaban J connectivity index is 1.73. The van der Waals surface area contributed by atoms with Crippen molar-refractivity contribution < 1.29 is 14.2 Å². The van der Waals surface area contributed by atoms with Gasteiger partial charge in [-0.15, -0.1) is 0 Å². The summed E-state index contributed by atoms with van der Waals surface area (Å²) < 4.78 is 18.1. The van der Waals surface area contributed by atoms with Crippen molar-refractivity contribution in [3.05, 3.63) is 79.3 Å². The van der Waals surface area contributed by atoms with Gasteiger partial charge in [0.25, 0.3) is 0 Å². The van der Waals surface area contributed by atoms with Crippen molar-refractivity contribution in [2.75, 3.05) is 19.0 Å². The van der Waals surface area contributed by atoms with Crippen LogP contribution in [0.1, 0.15) is 18.1 Å². The molecule has 0 heterocycles. The van der Waals surface area contributed by atoms with Gasteiger partial charge < -0.3 is 19.5 Å². The Bertz CT molecular complexity index is 996. The fourth-order valence-electron chi connectivity index (χ4n) is 2.83. The number of halogens is 3. The second-order valence-electron chi connectivity index (χ2n) is 6.44. The molecule has 0 saturated heterocycles. The summed E-state index contributed by atoms with van der Waals surface area (Å²) in [5, 5.41) is 4.59. The summed E-state index contributed by atoms with van der Waals surface area (Å²) in [5.41, 5.74) is 2.97. The first-order valence-electron chi connectivity index (χ1n) is 9.40. The summed E-state index contributed by atoms with van der Waals surface area (Å²) in [6.45, 7) is 3.49. The molecule has 0 spiro atoms. The molecule has 0 bridgehead atoms. The van der Waals surface area contributed by atoms with E-state index >= 15 is 0 Å². The Morgan fingerprint density at radius 1 is 0.967 bits per heavy atom. The summed E-state index contributed by atoms with van der Waals surface area (Å²) in [4.78, 5) is 0. The molecule has 0 amide bonds. The van der Waals surface area contributed by atoms with Gasteiger partial charge in [0, 0.05) is 27.8 Å². The Kier molecular flexibility index (Phi) is 8.36. The maximum atomic E-state index is 6.27. The average Bonchev–Trinajstić information content (AvgIpc) is 2.73. The van der Waals surface area contributed by atoms with E-state index in [0.717, 1.165) is 26.1 Å². The van der Waals surface area contributed by atoms with E-state index in [9.17, 15) is 0 Å². The largest absolute Gasteiger partial charge is 0.497 e. The van der Waals surface area contributed by atoms with Crippen molar-refractivity contribution in [1.29, 1.82) is 0 Å². The van der Waals surface area contributed by atoms with Crippen molar-refractivity contribution in [3.63, 3.8) is 0 Å². The van der Waals surface area contributed by atoms with Gasteiger partial charge in [0.2, 0.25) is 0 Å². The number of hydrogen-bond acceptors (Lipinski definition) is 4. The number of anilines is 1. The van der Waals surface area contributed by atoms with E-state index in [1.807, 2.05) is 43.3 Å². The number of hydrogen-bond donors (Lipinski definition) is 1. The molecule has 3 aromatic rings. The molecule has 1 N–H and O–H groups in total. The van der Waals surface area contributed by atoms with Gasteiger partial charge in [-0.3, -0.25) is 0 Å². The molecule has 158 valence electrons. The van der Waals surface area contributed by atoms with Gasteiger partial charge in [-0.2, -0.15) is 0 Å². The lowest BCUT2D eigenvalue weighted by Gasteiger charge is -2.16. The van der Waals surface area contributed by atoms with Crippen LogP contribution in [0.15, 0.2) is 54.6 Å². The third-order valence-electron chi connectivity index (χ3n) is 4.34. The third kappa shape index (κ3) is 6.09. The highest BCUT2D eigenvalue weighted by molar-refractivity contribution is 14.1. The van der Waals surface area contributed by atoms with Gasteiger partial charge in [-0.1, -0.05) is 29.3 Å². The highest BCUT2D eigenvalue weighted by Crippen LogP contribution is 2.36. The molecule has 0 atom stereocenters. The lowest BCUT2D eigenvalue weighted by molar-refractivity contribution is 0.267. The molecule has 0 radical (unpaired) electrons. The summed E-state index contributed by atoms with van der Waals surface area (Å²) >= 11 is 14.5. The molecular formula is C23H22Cl2INO3. The Hall–Kier alpha value is -1.83. The minimum atomic E-state index is 0.329. The summed E-state index contributed by atoms with van der Waals surface area (Å²) in [5.74, 6) is 2.24. The third-order valence-corrected chi connectivity index (χ3v) is 5.73. The zero-order valence-electron chi connectivity index (χ0n) is 16.7. The van der Waals surface area contributed by atoms with Crippen molar-refractivity contribution in [2.24, 2.45) is 0 Å². The summed E-state index contributed by atoms with van der Waals surface area (Å²) in [6.07, 6.45) is 0. The van der Waals surface area contributed by atoms with E-state index in [1.165, 1.54) is 0 Å². The zero-order valence-corrected chi connectivity index (χ0v) is 20.3. The SMILES string of the molecule is CCOc1cc(CNc2ccc(OC)cc2)cc(I)c1OCc1ccc(Cl)cc1Cl. The highest BCUT2D eigenvalue weighted by Gasteiger charge is 2.14. The Morgan fingerprint density at radius 3 is 2.40 bits per heavy atom. The number of nitrogens with one attached hydrogen (secondary N) is 1. The molecule has 4 nitrogen and oxygen atoms in total. The van der Waals surface area contributed by atoms with Crippen LogP contribution in [0.25, 0.3) is 0 Å². The molecular weight excluding hydrogens is 536 g/mol. The number of benzene rings is 3. The van der Waals surface area contributed by atoms with E-state index in [2.05, 4.69) is 34.0 Å². The van der Waals surface area contributed by atoms with Crippen molar-refractivity contribution in [2.45, 2.75) is 20.1 Å². The molecule has 3 rings (SSSR count). The first-order chi connectivity index (χ1) is 14.5. The second-order valence-corrected chi connectivity index (χ2v) is 8.45. The minimum Gasteiger partial charge on any atom is -0.497 e. The number of methoxy groups -OCH3 is 1. The van der Waals surface area contributed by atoms with Gasteiger partial charge in [-0.05, 0) is 83.6 Å². The van der Waals surface area contributed by atoms with Crippen LogP contribution in [0.3, 0.4) is 0 Å². The molecule has 7 heteroatoms. The predicted molar refractivity (Wildman–Crippen MR) is 131 cm³/mol. The van der Waals surface area contributed by atoms with Crippen LogP contribution in [0.2, 0.25) is 10.0 Å². The second kappa shape index (κ2) is 11.0. The minimum absolute atomic E-state index is 0.329. The van der Waals surface area contributed by atoms with Gasteiger partial charge in [0.15, 0.2) is 11.5 Å². The highest BCUT2D eigenvalue weighted by atomic mass is 127. The fourth-order valence-corrected chi connectivity index (χ4v) is 4.11. The van der Waals surface area contributed by atoms with Gasteiger partial charge in [0.05, 0.1) is 17.3 Å². The lowest BCUT2D eigenvalue weighted by Crippen LogP contribution is -2.05. The van der Waals surface area contributed by atoms with Crippen LogP contribution >= 0.6 is 45.8 Å². The Labute approximate surface area is 200 Å². The van der Waals surface area contributed by atoms with Crippen LogP contribution < -0.4 is 19.5 Å². The van der Waals surface area contributed by atoms with E-state index in [-0.39, 0.29) is 0 Å². The van der Waals surface area contributed by atoms with Crippen molar-refractivity contribution in [3.8, 4) is 17.2 Å². The zero-order chi connectivity index (χ0) is 21.5. The monoisotopic (exact) mass is 557 g/mol. The number of ether oxygens (including phenoxy) is 3. The predicted octanol–water partition coefficient (Wildman–Crippen LogP) is 7.20. The van der Waals surface area contributed by atoms with E-state index < -0.39 is 0 Å². The molecule has 0 saturated carbocycles. The van der Waals surface area contributed by atoms with E-state index in [1.54, 1.807) is 19.2 Å². The first-order valence-corrected chi connectivity index (χ1v) is 11.2. The topological polar surface area (TPSA) is 39.7 Å². The molecule has 0 aliphatic heterocycles. The van der Waals surface area contributed by atoms with Crippen molar-refractivity contribution >= 4 is 51.5 Å². The molecule has 0 aromatic heterocycles. The van der Waals surface area contributed by atoms with Gasteiger partial charge in [0.1, 0.15) is 12.4 Å². The molecule has 3 aromatic carbocycles. The van der Waals surface area contributed by atoms with Gasteiger partial charge in [-0.25, -0.2) is 0 Å². The van der Waals surface area contributed by atoms with Crippen LogP contribution in [-0.2, 0) is 13.2 Å². The molecule has 30 heavy (non-hydrogen) atoms. The lowest BCUT2D eigenvalue weighted by atomic mass is 10.2. The van der Waals surface area contributed by atoms with Crippen LogP contribution in [0.4, 0.5) is 5.69 Å². The number of rotatable bonds is 9. The fraction of sp³-hybridized carbons (Fsp3) is 0.217. The first kappa shape index (κ1) is 22.8. The molecule has 0 aliphatic rings. The molecule has 0 aliphatic carbocycles. The van der Waals surface area contributed by atoms with Crippen molar-refractivity contribution in [1.82, 2.24) is 0 Å². The molecule has 0 unspecified atom stereocenters. The van der Waals surface area contributed by atoms with Gasteiger partial charge >= 0.3 is 0 Å². The molecule has 0 fully saturated rings. The van der Waals surface area contributed by atoms with Crippen LogP contribution in [0.5, 0.6) is 17.2 Å². The quantitative estimate of drug-likeness (QED) is 0.282. The maximum Gasteiger partial charge on any atom is 0.174 e. The van der Waals surface area contributed by atoms with E-state index in [4.69, 9.17) is 37.4 Å². The maximum absolute atomic E-state index is 6.27. The van der Waals surface area contributed by atoms with Crippen LogP contribution in [-0.4, -0.2) is 13.7 Å². The smallest absolute Gasteiger partial charge is 0.174 e. The van der Waals surface area contributed by atoms with E-state index in [0.29, 0.717) is 41.3 Å². The summed E-state index contributed by atoms with van der Waals surface area (Å²) in [6, 6.07) is 17.3. The normalized spacial score (nSPS) is 10.6. The Morgan fingerprint density at radius 2 is 1.73 bits per heavy atom.